The molecule has 0 aliphatic carbocycles. The van der Waals surface area contributed by atoms with Crippen LogP contribution in [0.3, 0.4) is 0 Å². The average molecular weight is 218 g/mol. The summed E-state index contributed by atoms with van der Waals surface area (Å²) in [6.07, 6.45) is 0.225. The highest BCUT2D eigenvalue weighted by atomic mass is 16.2. The number of rotatable bonds is 2. The molecule has 1 aromatic carbocycles. The largest absolute Gasteiger partial charge is 0.369 e. The normalized spacial score (nSPS) is 20.2. The van der Waals surface area contributed by atoms with Gasteiger partial charge in [-0.15, -0.1) is 0 Å². The van der Waals surface area contributed by atoms with E-state index in [-0.39, 0.29) is 18.2 Å². The second kappa shape index (κ2) is 3.96. The molecule has 4 nitrogen and oxygen atoms in total. The zero-order valence-corrected chi connectivity index (χ0v) is 9.14. The molecule has 2 rings (SSSR count). The minimum absolute atomic E-state index is 0.0330. The Morgan fingerprint density at radius 1 is 1.50 bits per heavy atom. The number of primary amides is 1. The van der Waals surface area contributed by atoms with Gasteiger partial charge in [0, 0.05) is 18.7 Å². The van der Waals surface area contributed by atoms with Gasteiger partial charge < -0.3 is 10.6 Å². The Bertz CT molecular complexity index is 442. The van der Waals surface area contributed by atoms with E-state index >= 15 is 0 Å². The number of hydrogen-bond acceptors (Lipinski definition) is 2. The second-order valence-corrected chi connectivity index (χ2v) is 4.15. The number of benzene rings is 1. The Morgan fingerprint density at radius 3 is 2.81 bits per heavy atom. The van der Waals surface area contributed by atoms with Crippen LogP contribution in [0.2, 0.25) is 0 Å². The van der Waals surface area contributed by atoms with Crippen molar-refractivity contribution < 1.29 is 9.59 Å². The number of carbonyl (C=O) groups excluding carboxylic acids is 2. The molecule has 4 heteroatoms. The number of nitrogens with zero attached hydrogens (tertiary/aromatic N) is 1. The number of nitrogens with two attached hydrogens (primary N) is 1. The molecule has 1 heterocycles. The number of hydrogen-bond donors (Lipinski definition) is 1. The van der Waals surface area contributed by atoms with E-state index < -0.39 is 5.91 Å². The van der Waals surface area contributed by atoms with E-state index in [1.807, 2.05) is 31.2 Å². The molecule has 0 radical (unpaired) electrons. The summed E-state index contributed by atoms with van der Waals surface area (Å²) in [6, 6.07) is 7.67. The van der Waals surface area contributed by atoms with Gasteiger partial charge >= 0.3 is 0 Å². The van der Waals surface area contributed by atoms with Gasteiger partial charge in [-0.25, -0.2) is 0 Å². The first-order valence-electron chi connectivity index (χ1n) is 5.24. The summed E-state index contributed by atoms with van der Waals surface area (Å²) >= 11 is 0. The fourth-order valence-electron chi connectivity index (χ4n) is 1.94. The zero-order chi connectivity index (χ0) is 11.7. The monoisotopic (exact) mass is 218 g/mol. The maximum Gasteiger partial charge on any atom is 0.227 e. The van der Waals surface area contributed by atoms with Crippen LogP contribution in [-0.2, 0) is 9.59 Å². The first kappa shape index (κ1) is 10.7. The molecule has 16 heavy (non-hydrogen) atoms. The molecule has 0 aromatic heterocycles. The van der Waals surface area contributed by atoms with Gasteiger partial charge in [-0.3, -0.25) is 9.59 Å². The molecule has 0 saturated carbocycles. The predicted molar refractivity (Wildman–Crippen MR) is 60.8 cm³/mol. The fourth-order valence-corrected chi connectivity index (χ4v) is 1.94. The van der Waals surface area contributed by atoms with Crippen LogP contribution < -0.4 is 10.6 Å². The van der Waals surface area contributed by atoms with Crippen LogP contribution in [0.15, 0.2) is 24.3 Å². The smallest absolute Gasteiger partial charge is 0.227 e. The summed E-state index contributed by atoms with van der Waals surface area (Å²) in [5.74, 6) is -0.786. The molecule has 84 valence electrons. The molecular formula is C12H14N2O2. The van der Waals surface area contributed by atoms with Gasteiger partial charge in [0.1, 0.15) is 0 Å². The second-order valence-electron chi connectivity index (χ2n) is 4.15. The van der Waals surface area contributed by atoms with E-state index in [4.69, 9.17) is 5.73 Å². The van der Waals surface area contributed by atoms with Crippen molar-refractivity contribution in [1.82, 2.24) is 0 Å². The van der Waals surface area contributed by atoms with E-state index in [2.05, 4.69) is 0 Å². The van der Waals surface area contributed by atoms with Crippen LogP contribution in [0.5, 0.6) is 0 Å². The first-order valence-corrected chi connectivity index (χ1v) is 5.24. The standard InChI is InChI=1S/C12H14N2O2/c1-8-3-2-4-10(5-8)14-7-9(12(13)16)6-11(14)15/h2-5,9H,6-7H2,1H3,(H2,13,16). The lowest BCUT2D eigenvalue weighted by molar-refractivity contribution is -0.123. The lowest BCUT2D eigenvalue weighted by Crippen LogP contribution is -2.28. The maximum atomic E-state index is 11.7. The third kappa shape index (κ3) is 1.91. The molecule has 2 amide bonds. The summed E-state index contributed by atoms with van der Waals surface area (Å²) in [4.78, 5) is 24.4. The summed E-state index contributed by atoms with van der Waals surface area (Å²) in [5.41, 5.74) is 7.14. The van der Waals surface area contributed by atoms with Gasteiger partial charge in [0.25, 0.3) is 0 Å². The van der Waals surface area contributed by atoms with Crippen LogP contribution in [0.25, 0.3) is 0 Å². The zero-order valence-electron chi connectivity index (χ0n) is 9.14. The molecule has 1 fully saturated rings. The maximum absolute atomic E-state index is 11.7. The Hall–Kier alpha value is -1.84. The first-order chi connectivity index (χ1) is 7.58. The molecule has 1 saturated heterocycles. The van der Waals surface area contributed by atoms with Gasteiger partial charge in [-0.05, 0) is 24.6 Å². The van der Waals surface area contributed by atoms with Crippen LogP contribution in [0.4, 0.5) is 5.69 Å². The van der Waals surface area contributed by atoms with Crippen molar-refractivity contribution in [3.8, 4) is 0 Å². The Balaban J connectivity index is 2.23. The Kier molecular flexibility index (Phi) is 2.64. The molecule has 0 bridgehead atoms. The minimum Gasteiger partial charge on any atom is -0.369 e. The molecule has 2 N–H and O–H groups in total. The minimum atomic E-state index is -0.400. The highest BCUT2D eigenvalue weighted by Crippen LogP contribution is 2.25. The summed E-state index contributed by atoms with van der Waals surface area (Å²) in [6.45, 7) is 2.37. The number of amides is 2. The van der Waals surface area contributed by atoms with Crippen LogP contribution in [0.1, 0.15) is 12.0 Å². The topological polar surface area (TPSA) is 63.4 Å². The Morgan fingerprint density at radius 2 is 2.25 bits per heavy atom. The Labute approximate surface area is 94.0 Å². The van der Waals surface area contributed by atoms with Crippen molar-refractivity contribution in [2.45, 2.75) is 13.3 Å². The predicted octanol–water partition coefficient (Wildman–Crippen LogP) is 0.833. The molecular weight excluding hydrogens is 204 g/mol. The van der Waals surface area contributed by atoms with Crippen LogP contribution >= 0.6 is 0 Å². The summed E-state index contributed by atoms with van der Waals surface area (Å²) in [7, 11) is 0. The van der Waals surface area contributed by atoms with E-state index in [0.29, 0.717) is 6.54 Å². The van der Waals surface area contributed by atoms with Gasteiger partial charge in [0.05, 0.1) is 5.92 Å². The number of anilines is 1. The van der Waals surface area contributed by atoms with E-state index in [1.54, 1.807) is 4.90 Å². The van der Waals surface area contributed by atoms with Crippen molar-refractivity contribution in [1.29, 1.82) is 0 Å². The quantitative estimate of drug-likeness (QED) is 0.799. The average Bonchev–Trinajstić information content (AvgIpc) is 2.60. The lowest BCUT2D eigenvalue weighted by atomic mass is 10.1. The molecule has 1 aliphatic heterocycles. The molecule has 1 unspecified atom stereocenters. The van der Waals surface area contributed by atoms with Gasteiger partial charge in [0.2, 0.25) is 11.8 Å². The third-order valence-electron chi connectivity index (χ3n) is 2.84. The lowest BCUT2D eigenvalue weighted by Gasteiger charge is -2.16. The summed E-state index contributed by atoms with van der Waals surface area (Å²) in [5, 5.41) is 0. The van der Waals surface area contributed by atoms with Crippen molar-refractivity contribution in [2.75, 3.05) is 11.4 Å². The van der Waals surface area contributed by atoms with Crippen molar-refractivity contribution in [3.63, 3.8) is 0 Å². The van der Waals surface area contributed by atoms with Gasteiger partial charge in [-0.2, -0.15) is 0 Å². The van der Waals surface area contributed by atoms with E-state index in [1.165, 1.54) is 0 Å². The van der Waals surface area contributed by atoms with Crippen LogP contribution in [0, 0.1) is 12.8 Å². The molecule has 1 atom stereocenters. The van der Waals surface area contributed by atoms with Gasteiger partial charge in [0.15, 0.2) is 0 Å². The van der Waals surface area contributed by atoms with Crippen molar-refractivity contribution in [2.24, 2.45) is 11.7 Å². The third-order valence-corrected chi connectivity index (χ3v) is 2.84. The van der Waals surface area contributed by atoms with Gasteiger partial charge in [-0.1, -0.05) is 12.1 Å². The van der Waals surface area contributed by atoms with E-state index in [9.17, 15) is 9.59 Å². The van der Waals surface area contributed by atoms with Crippen molar-refractivity contribution >= 4 is 17.5 Å². The van der Waals surface area contributed by atoms with E-state index in [0.717, 1.165) is 11.3 Å². The molecule has 1 aliphatic rings. The highest BCUT2D eigenvalue weighted by molar-refractivity contribution is 6.00. The number of carbonyl (C=O) groups is 2. The number of aryl methyl sites for hydroxylation is 1. The summed E-state index contributed by atoms with van der Waals surface area (Å²) < 4.78 is 0. The van der Waals surface area contributed by atoms with Crippen molar-refractivity contribution in [3.05, 3.63) is 29.8 Å². The molecule has 0 spiro atoms. The highest BCUT2D eigenvalue weighted by Gasteiger charge is 2.33. The SMILES string of the molecule is Cc1cccc(N2CC(C(N)=O)CC2=O)c1. The molecule has 1 aromatic rings. The fraction of sp³-hybridized carbons (Fsp3) is 0.333. The van der Waals surface area contributed by atoms with Crippen LogP contribution in [-0.4, -0.2) is 18.4 Å².